The van der Waals surface area contributed by atoms with Crippen molar-refractivity contribution in [3.8, 4) is 0 Å². The largest absolute Gasteiger partial charge is 0.352 e. The number of likely N-dealkylation sites (N-methyl/N-ethyl adjacent to an activating group) is 1. The average Bonchev–Trinajstić information content (AvgIpc) is 3.12. The van der Waals surface area contributed by atoms with Gasteiger partial charge < -0.3 is 5.32 Å². The predicted molar refractivity (Wildman–Crippen MR) is 92.3 cm³/mol. The number of rotatable bonds is 6. The van der Waals surface area contributed by atoms with Crippen molar-refractivity contribution in [1.82, 2.24) is 20.3 Å². The van der Waals surface area contributed by atoms with E-state index in [4.69, 9.17) is 4.84 Å². The molecule has 140 valence electrons. The lowest BCUT2D eigenvalue weighted by Gasteiger charge is -2.26. The summed E-state index contributed by atoms with van der Waals surface area (Å²) in [4.78, 5) is 48.2. The van der Waals surface area contributed by atoms with E-state index in [-0.39, 0.29) is 30.3 Å². The standard InChI is InChI=1S/C18H24N4O4/c1-4-12(5-2)20-13(23)10-22-15(11-6-8-19-9-7-11)14-16(26-22)18(25)21(3)17(14)24/h6-9,12,14-16H,4-5,10H2,1-3H3,(H,20,23). The summed E-state index contributed by atoms with van der Waals surface area (Å²) < 4.78 is 0. The molecule has 3 amide bonds. The van der Waals surface area contributed by atoms with Crippen LogP contribution in [0, 0.1) is 5.92 Å². The van der Waals surface area contributed by atoms with E-state index in [9.17, 15) is 14.4 Å². The van der Waals surface area contributed by atoms with Crippen molar-refractivity contribution in [2.24, 2.45) is 5.92 Å². The van der Waals surface area contributed by atoms with Crippen LogP contribution in [0.5, 0.6) is 0 Å². The third-order valence-corrected chi connectivity index (χ3v) is 5.11. The maximum absolute atomic E-state index is 12.6. The van der Waals surface area contributed by atoms with Crippen LogP contribution in [0.3, 0.4) is 0 Å². The van der Waals surface area contributed by atoms with Crippen LogP contribution in [0.25, 0.3) is 0 Å². The van der Waals surface area contributed by atoms with Gasteiger partial charge in [-0.2, -0.15) is 5.06 Å². The fourth-order valence-corrected chi connectivity index (χ4v) is 3.59. The molecule has 0 aliphatic carbocycles. The molecular weight excluding hydrogens is 336 g/mol. The van der Waals surface area contributed by atoms with Gasteiger partial charge in [-0.25, -0.2) is 0 Å². The highest BCUT2D eigenvalue weighted by atomic mass is 16.7. The van der Waals surface area contributed by atoms with Gasteiger partial charge in [-0.15, -0.1) is 0 Å². The molecule has 0 radical (unpaired) electrons. The number of aromatic nitrogens is 1. The Morgan fingerprint density at radius 3 is 2.50 bits per heavy atom. The van der Waals surface area contributed by atoms with Gasteiger partial charge in [0, 0.05) is 25.5 Å². The van der Waals surface area contributed by atoms with E-state index in [1.165, 1.54) is 12.1 Å². The van der Waals surface area contributed by atoms with Crippen molar-refractivity contribution < 1.29 is 19.2 Å². The van der Waals surface area contributed by atoms with Gasteiger partial charge >= 0.3 is 0 Å². The fourth-order valence-electron chi connectivity index (χ4n) is 3.59. The van der Waals surface area contributed by atoms with E-state index in [0.29, 0.717) is 0 Å². The number of hydroxylamine groups is 2. The molecule has 8 nitrogen and oxygen atoms in total. The van der Waals surface area contributed by atoms with E-state index in [0.717, 1.165) is 23.3 Å². The van der Waals surface area contributed by atoms with Crippen LogP contribution in [-0.2, 0) is 19.2 Å². The number of hydrogen-bond donors (Lipinski definition) is 1. The number of likely N-dealkylation sites (tertiary alicyclic amines) is 1. The van der Waals surface area contributed by atoms with Crippen molar-refractivity contribution in [1.29, 1.82) is 0 Å². The first-order valence-corrected chi connectivity index (χ1v) is 8.92. The SMILES string of the molecule is CCC(CC)NC(=O)CN1OC2C(=O)N(C)C(=O)C2C1c1ccncc1. The Balaban J connectivity index is 1.84. The topological polar surface area (TPSA) is 91.8 Å². The zero-order chi connectivity index (χ0) is 18.8. The molecule has 26 heavy (non-hydrogen) atoms. The summed E-state index contributed by atoms with van der Waals surface area (Å²) in [6.07, 6.45) is 4.03. The van der Waals surface area contributed by atoms with E-state index >= 15 is 0 Å². The molecular formula is C18H24N4O4. The van der Waals surface area contributed by atoms with Crippen LogP contribution in [-0.4, -0.2) is 58.4 Å². The van der Waals surface area contributed by atoms with Crippen LogP contribution in [0.4, 0.5) is 0 Å². The second-order valence-electron chi connectivity index (χ2n) is 6.67. The molecule has 3 atom stereocenters. The Hall–Kier alpha value is -2.32. The van der Waals surface area contributed by atoms with Crippen LogP contribution in [0.2, 0.25) is 0 Å². The number of carbonyl (C=O) groups excluding carboxylic acids is 3. The summed E-state index contributed by atoms with van der Waals surface area (Å²) in [5.74, 6) is -1.51. The minimum atomic E-state index is -0.883. The molecule has 0 spiro atoms. The average molecular weight is 360 g/mol. The molecule has 3 rings (SSSR count). The van der Waals surface area contributed by atoms with Gasteiger partial charge in [0.05, 0.1) is 12.0 Å². The zero-order valence-electron chi connectivity index (χ0n) is 15.2. The van der Waals surface area contributed by atoms with Crippen LogP contribution in [0.15, 0.2) is 24.5 Å². The molecule has 1 N–H and O–H groups in total. The number of nitrogens with zero attached hydrogens (tertiary/aromatic N) is 3. The molecule has 3 unspecified atom stereocenters. The molecule has 2 fully saturated rings. The molecule has 0 aromatic carbocycles. The molecule has 1 aromatic rings. The highest BCUT2D eigenvalue weighted by Crippen LogP contribution is 2.43. The number of pyridine rings is 1. The van der Waals surface area contributed by atoms with E-state index in [1.807, 2.05) is 13.8 Å². The Labute approximate surface area is 152 Å². The molecule has 2 aliphatic rings. The summed E-state index contributed by atoms with van der Waals surface area (Å²) in [7, 11) is 1.46. The first kappa shape index (κ1) is 18.5. The van der Waals surface area contributed by atoms with Gasteiger partial charge in [-0.05, 0) is 30.5 Å². The predicted octanol–water partition coefficient (Wildman–Crippen LogP) is 0.658. The van der Waals surface area contributed by atoms with Crippen molar-refractivity contribution in [3.05, 3.63) is 30.1 Å². The van der Waals surface area contributed by atoms with Gasteiger partial charge in [0.15, 0.2) is 6.10 Å². The number of imide groups is 1. The molecule has 3 heterocycles. The van der Waals surface area contributed by atoms with Crippen molar-refractivity contribution in [2.45, 2.75) is 44.9 Å². The molecule has 2 saturated heterocycles. The van der Waals surface area contributed by atoms with Gasteiger partial charge in [0.1, 0.15) is 6.54 Å². The number of fused-ring (bicyclic) bond motifs is 1. The molecule has 8 heteroatoms. The van der Waals surface area contributed by atoms with Crippen molar-refractivity contribution in [2.75, 3.05) is 13.6 Å². The van der Waals surface area contributed by atoms with Gasteiger partial charge in [0.25, 0.3) is 5.91 Å². The Morgan fingerprint density at radius 2 is 1.88 bits per heavy atom. The summed E-state index contributed by atoms with van der Waals surface area (Å²) >= 11 is 0. The van der Waals surface area contributed by atoms with Crippen molar-refractivity contribution >= 4 is 17.7 Å². The van der Waals surface area contributed by atoms with E-state index in [2.05, 4.69) is 10.3 Å². The van der Waals surface area contributed by atoms with Crippen molar-refractivity contribution in [3.63, 3.8) is 0 Å². The normalized spacial score (nSPS) is 25.8. The lowest BCUT2D eigenvalue weighted by atomic mass is 9.91. The maximum Gasteiger partial charge on any atom is 0.261 e. The second kappa shape index (κ2) is 7.51. The number of hydrogen-bond acceptors (Lipinski definition) is 6. The maximum atomic E-state index is 12.6. The lowest BCUT2D eigenvalue weighted by Crippen LogP contribution is -2.43. The Kier molecular flexibility index (Phi) is 5.33. The highest BCUT2D eigenvalue weighted by molar-refractivity contribution is 6.07. The zero-order valence-corrected chi connectivity index (χ0v) is 15.2. The molecule has 0 saturated carbocycles. The third kappa shape index (κ3) is 3.22. The molecule has 2 aliphatic heterocycles. The Morgan fingerprint density at radius 1 is 1.23 bits per heavy atom. The number of nitrogens with one attached hydrogen (secondary N) is 1. The second-order valence-corrected chi connectivity index (χ2v) is 6.67. The number of carbonyl (C=O) groups is 3. The monoisotopic (exact) mass is 360 g/mol. The summed E-state index contributed by atoms with van der Waals surface area (Å²) in [5.41, 5.74) is 0.791. The van der Waals surface area contributed by atoms with Crippen LogP contribution >= 0.6 is 0 Å². The lowest BCUT2D eigenvalue weighted by molar-refractivity contribution is -0.182. The molecule has 1 aromatic heterocycles. The summed E-state index contributed by atoms with van der Waals surface area (Å²) in [6, 6.07) is 3.14. The van der Waals surface area contributed by atoms with Gasteiger partial charge in [0.2, 0.25) is 11.8 Å². The summed E-state index contributed by atoms with van der Waals surface area (Å²) in [5, 5.41) is 4.42. The fraction of sp³-hybridized carbons (Fsp3) is 0.556. The molecule has 0 bridgehead atoms. The highest BCUT2D eigenvalue weighted by Gasteiger charge is 2.58. The van der Waals surface area contributed by atoms with E-state index < -0.39 is 18.1 Å². The Bertz CT molecular complexity index is 692. The summed E-state index contributed by atoms with van der Waals surface area (Å²) in [6.45, 7) is 3.98. The first-order valence-electron chi connectivity index (χ1n) is 8.92. The van der Waals surface area contributed by atoms with Crippen LogP contribution in [0.1, 0.15) is 38.3 Å². The quantitative estimate of drug-likeness (QED) is 0.749. The smallest absolute Gasteiger partial charge is 0.261 e. The minimum absolute atomic E-state index is 0.0409. The van der Waals surface area contributed by atoms with Gasteiger partial charge in [-0.1, -0.05) is 13.8 Å². The van der Waals surface area contributed by atoms with E-state index in [1.54, 1.807) is 24.5 Å². The van der Waals surface area contributed by atoms with Gasteiger partial charge in [-0.3, -0.25) is 29.1 Å². The van der Waals surface area contributed by atoms with Crippen LogP contribution < -0.4 is 5.32 Å². The first-order chi connectivity index (χ1) is 12.5. The third-order valence-electron chi connectivity index (χ3n) is 5.11. The minimum Gasteiger partial charge on any atom is -0.352 e. The number of amides is 3.